The molecule has 3 nitrogen and oxygen atoms in total. The molecule has 19 heavy (non-hydrogen) atoms. The average Bonchev–Trinajstić information content (AvgIpc) is 2.37. The lowest BCUT2D eigenvalue weighted by molar-refractivity contribution is -0.163. The van der Waals surface area contributed by atoms with Gasteiger partial charge in [-0.05, 0) is 36.8 Å². The third-order valence-corrected chi connectivity index (χ3v) is 2.61. The summed E-state index contributed by atoms with van der Waals surface area (Å²) in [7, 11) is 0. The van der Waals surface area contributed by atoms with Gasteiger partial charge in [0.15, 0.2) is 29.5 Å². The fourth-order valence-electron chi connectivity index (χ4n) is 1.59. The summed E-state index contributed by atoms with van der Waals surface area (Å²) in [6.45, 7) is 1.41. The van der Waals surface area contributed by atoms with Gasteiger partial charge >= 0.3 is 0 Å². The van der Waals surface area contributed by atoms with Crippen LogP contribution in [0.2, 0.25) is 0 Å². The molecular weight excluding hydrogens is 261 g/mol. The summed E-state index contributed by atoms with van der Waals surface area (Å²) < 4.78 is 49.1. The standard InChI is InChI=1S/C13H11F3O3/c1-7-11(17)2-3-12(19-7)18-6-8-4-9(14)13(16)10(15)5-8/h2-5,7,12H,6H2,1H3. The van der Waals surface area contributed by atoms with Crippen molar-refractivity contribution in [2.75, 3.05) is 0 Å². The third-order valence-electron chi connectivity index (χ3n) is 2.61. The Bertz CT molecular complexity index is 505. The van der Waals surface area contributed by atoms with E-state index < -0.39 is 29.8 Å². The predicted molar refractivity (Wildman–Crippen MR) is 59.6 cm³/mol. The van der Waals surface area contributed by atoms with Crippen molar-refractivity contribution in [2.45, 2.75) is 25.9 Å². The molecule has 1 aliphatic rings. The molecule has 0 aliphatic carbocycles. The van der Waals surface area contributed by atoms with Gasteiger partial charge in [0.05, 0.1) is 6.61 Å². The molecule has 6 heteroatoms. The van der Waals surface area contributed by atoms with Crippen LogP contribution in [-0.2, 0) is 20.9 Å². The van der Waals surface area contributed by atoms with E-state index in [0.717, 1.165) is 12.1 Å². The highest BCUT2D eigenvalue weighted by molar-refractivity contribution is 5.93. The first-order valence-corrected chi connectivity index (χ1v) is 5.60. The average molecular weight is 272 g/mol. The molecule has 0 amide bonds. The SMILES string of the molecule is CC1OC(OCc2cc(F)c(F)c(F)c2)C=CC1=O. The Labute approximate surface area is 107 Å². The summed E-state index contributed by atoms with van der Waals surface area (Å²) in [5, 5.41) is 0. The topological polar surface area (TPSA) is 35.5 Å². The van der Waals surface area contributed by atoms with Crippen LogP contribution in [0, 0.1) is 17.5 Å². The molecule has 2 rings (SSSR count). The Morgan fingerprint density at radius 2 is 1.89 bits per heavy atom. The van der Waals surface area contributed by atoms with Crippen LogP contribution < -0.4 is 0 Å². The molecule has 2 unspecified atom stereocenters. The Morgan fingerprint density at radius 1 is 1.26 bits per heavy atom. The lowest BCUT2D eigenvalue weighted by atomic mass is 10.2. The molecular formula is C13H11F3O3. The van der Waals surface area contributed by atoms with Gasteiger partial charge in [-0.15, -0.1) is 0 Å². The molecule has 0 fully saturated rings. The van der Waals surface area contributed by atoms with Crippen molar-refractivity contribution in [3.05, 3.63) is 47.3 Å². The Hall–Kier alpha value is -1.66. The molecule has 2 atom stereocenters. The van der Waals surface area contributed by atoms with E-state index >= 15 is 0 Å². The van der Waals surface area contributed by atoms with Crippen molar-refractivity contribution in [3.63, 3.8) is 0 Å². The van der Waals surface area contributed by atoms with E-state index in [9.17, 15) is 18.0 Å². The van der Waals surface area contributed by atoms with E-state index in [-0.39, 0.29) is 18.0 Å². The van der Waals surface area contributed by atoms with Crippen LogP contribution in [0.15, 0.2) is 24.3 Å². The summed E-state index contributed by atoms with van der Waals surface area (Å²) >= 11 is 0. The second-order valence-electron chi connectivity index (χ2n) is 4.09. The number of hydrogen-bond acceptors (Lipinski definition) is 3. The van der Waals surface area contributed by atoms with Gasteiger partial charge in [0.1, 0.15) is 6.10 Å². The minimum Gasteiger partial charge on any atom is -0.344 e. The van der Waals surface area contributed by atoms with E-state index in [1.807, 2.05) is 0 Å². The molecule has 0 saturated heterocycles. The number of halogens is 3. The van der Waals surface area contributed by atoms with Gasteiger partial charge in [0.2, 0.25) is 0 Å². The number of carbonyl (C=O) groups is 1. The summed E-state index contributed by atoms with van der Waals surface area (Å²) in [6.07, 6.45) is 1.32. The maximum atomic E-state index is 13.0. The Kier molecular flexibility index (Phi) is 4.01. The van der Waals surface area contributed by atoms with Crippen LogP contribution in [0.5, 0.6) is 0 Å². The highest BCUT2D eigenvalue weighted by atomic mass is 19.2. The number of ketones is 1. The fourth-order valence-corrected chi connectivity index (χ4v) is 1.59. The molecule has 1 aliphatic heterocycles. The molecule has 0 spiro atoms. The minimum absolute atomic E-state index is 0.137. The number of carbonyl (C=O) groups excluding carboxylic acids is 1. The highest BCUT2D eigenvalue weighted by Gasteiger charge is 2.21. The number of benzene rings is 1. The van der Waals surface area contributed by atoms with Crippen molar-refractivity contribution in [2.24, 2.45) is 0 Å². The Morgan fingerprint density at radius 3 is 2.47 bits per heavy atom. The molecule has 0 N–H and O–H groups in total. The van der Waals surface area contributed by atoms with E-state index in [4.69, 9.17) is 9.47 Å². The molecule has 0 radical (unpaired) electrons. The molecule has 1 heterocycles. The molecule has 102 valence electrons. The number of hydrogen-bond donors (Lipinski definition) is 0. The quantitative estimate of drug-likeness (QED) is 0.793. The van der Waals surface area contributed by atoms with Crippen molar-refractivity contribution in [3.8, 4) is 0 Å². The lowest BCUT2D eigenvalue weighted by Gasteiger charge is -2.22. The zero-order chi connectivity index (χ0) is 14.0. The second kappa shape index (κ2) is 5.54. The molecule has 1 aromatic rings. The Balaban J connectivity index is 2.00. The predicted octanol–water partition coefficient (Wildman–Crippen LogP) is 2.49. The van der Waals surface area contributed by atoms with Crippen LogP contribution in [0.1, 0.15) is 12.5 Å². The van der Waals surface area contributed by atoms with E-state index in [0.29, 0.717) is 0 Å². The van der Waals surface area contributed by atoms with Gasteiger partial charge in [-0.2, -0.15) is 0 Å². The van der Waals surface area contributed by atoms with Gasteiger partial charge in [0.25, 0.3) is 0 Å². The molecule has 1 aromatic carbocycles. The van der Waals surface area contributed by atoms with E-state index in [1.54, 1.807) is 6.92 Å². The van der Waals surface area contributed by atoms with Crippen LogP contribution in [0.4, 0.5) is 13.2 Å². The van der Waals surface area contributed by atoms with E-state index in [2.05, 4.69) is 0 Å². The summed E-state index contributed by atoms with van der Waals surface area (Å²) in [5.41, 5.74) is 0.137. The summed E-state index contributed by atoms with van der Waals surface area (Å²) in [5.74, 6) is -4.25. The van der Waals surface area contributed by atoms with Crippen LogP contribution in [0.3, 0.4) is 0 Å². The normalized spacial score (nSPS) is 22.8. The van der Waals surface area contributed by atoms with Gasteiger partial charge < -0.3 is 9.47 Å². The van der Waals surface area contributed by atoms with Gasteiger partial charge in [0, 0.05) is 0 Å². The van der Waals surface area contributed by atoms with Crippen molar-refractivity contribution in [1.82, 2.24) is 0 Å². The van der Waals surface area contributed by atoms with Crippen molar-refractivity contribution >= 4 is 5.78 Å². The van der Waals surface area contributed by atoms with Crippen molar-refractivity contribution < 1.29 is 27.4 Å². The first-order chi connectivity index (χ1) is 8.97. The molecule has 0 aromatic heterocycles. The minimum atomic E-state index is -1.52. The fraction of sp³-hybridized carbons (Fsp3) is 0.308. The first kappa shape index (κ1) is 13.8. The maximum absolute atomic E-state index is 13.0. The zero-order valence-electron chi connectivity index (χ0n) is 10.0. The first-order valence-electron chi connectivity index (χ1n) is 5.60. The summed E-state index contributed by atoms with van der Waals surface area (Å²) in [6, 6.07) is 1.69. The number of ether oxygens (including phenoxy) is 2. The lowest BCUT2D eigenvalue weighted by Crippen LogP contribution is -2.30. The molecule has 0 saturated carbocycles. The number of rotatable bonds is 3. The zero-order valence-corrected chi connectivity index (χ0v) is 10.0. The van der Waals surface area contributed by atoms with Gasteiger partial charge in [-0.25, -0.2) is 13.2 Å². The monoisotopic (exact) mass is 272 g/mol. The third kappa shape index (κ3) is 3.21. The smallest absolute Gasteiger partial charge is 0.194 e. The summed E-state index contributed by atoms with van der Waals surface area (Å²) in [4.78, 5) is 11.1. The molecule has 0 bridgehead atoms. The van der Waals surface area contributed by atoms with Crippen LogP contribution >= 0.6 is 0 Å². The van der Waals surface area contributed by atoms with Gasteiger partial charge in [-0.1, -0.05) is 0 Å². The largest absolute Gasteiger partial charge is 0.344 e. The van der Waals surface area contributed by atoms with Gasteiger partial charge in [-0.3, -0.25) is 4.79 Å². The maximum Gasteiger partial charge on any atom is 0.194 e. The van der Waals surface area contributed by atoms with Crippen LogP contribution in [-0.4, -0.2) is 18.2 Å². The van der Waals surface area contributed by atoms with Crippen molar-refractivity contribution in [1.29, 1.82) is 0 Å². The second-order valence-corrected chi connectivity index (χ2v) is 4.09. The highest BCUT2D eigenvalue weighted by Crippen LogP contribution is 2.16. The van der Waals surface area contributed by atoms with E-state index in [1.165, 1.54) is 12.2 Å². The van der Waals surface area contributed by atoms with Crippen LogP contribution in [0.25, 0.3) is 0 Å².